The number of nitrogens with zero attached hydrogens (tertiary/aromatic N) is 2. The Morgan fingerprint density at radius 1 is 1.60 bits per heavy atom. The van der Waals surface area contributed by atoms with Crippen LogP contribution in [0.2, 0.25) is 5.15 Å². The molecule has 1 aromatic heterocycles. The molecule has 2 rings (SSSR count). The molecule has 1 aromatic rings. The van der Waals surface area contributed by atoms with Crippen LogP contribution in [-0.2, 0) is 4.74 Å². The first-order valence-electron chi connectivity index (χ1n) is 4.97. The zero-order chi connectivity index (χ0) is 10.9. The predicted octanol–water partition coefficient (Wildman–Crippen LogP) is 2.11. The molecule has 0 aliphatic carbocycles. The van der Waals surface area contributed by atoms with Gasteiger partial charge in [0.2, 0.25) is 0 Å². The SMILES string of the molecule is CC1OCCC1(C)Nc1cc(Cl)ncn1. The van der Waals surface area contributed by atoms with E-state index in [-0.39, 0.29) is 11.6 Å². The van der Waals surface area contributed by atoms with Crippen molar-refractivity contribution in [3.05, 3.63) is 17.5 Å². The molecule has 2 atom stereocenters. The van der Waals surface area contributed by atoms with Crippen molar-refractivity contribution in [2.75, 3.05) is 11.9 Å². The molecule has 1 saturated heterocycles. The maximum atomic E-state index is 5.79. The largest absolute Gasteiger partial charge is 0.376 e. The second kappa shape index (κ2) is 3.94. The van der Waals surface area contributed by atoms with Crippen LogP contribution in [0.15, 0.2) is 12.4 Å². The van der Waals surface area contributed by atoms with Gasteiger partial charge in [-0.1, -0.05) is 11.6 Å². The second-order valence-electron chi connectivity index (χ2n) is 4.03. The van der Waals surface area contributed by atoms with E-state index in [1.54, 1.807) is 6.07 Å². The molecular weight excluding hydrogens is 214 g/mol. The molecular formula is C10H14ClN3O. The van der Waals surface area contributed by atoms with Crippen LogP contribution in [0.3, 0.4) is 0 Å². The van der Waals surface area contributed by atoms with E-state index in [0.717, 1.165) is 18.8 Å². The minimum Gasteiger partial charge on any atom is -0.376 e. The number of ether oxygens (including phenoxy) is 1. The van der Waals surface area contributed by atoms with E-state index >= 15 is 0 Å². The van der Waals surface area contributed by atoms with E-state index < -0.39 is 0 Å². The van der Waals surface area contributed by atoms with Crippen LogP contribution in [0.25, 0.3) is 0 Å². The van der Waals surface area contributed by atoms with Crippen molar-refractivity contribution in [3.8, 4) is 0 Å². The average molecular weight is 228 g/mol. The Labute approximate surface area is 94.0 Å². The smallest absolute Gasteiger partial charge is 0.134 e. The van der Waals surface area contributed by atoms with E-state index in [9.17, 15) is 0 Å². The maximum Gasteiger partial charge on any atom is 0.134 e. The van der Waals surface area contributed by atoms with E-state index in [4.69, 9.17) is 16.3 Å². The molecule has 0 radical (unpaired) electrons. The van der Waals surface area contributed by atoms with Crippen molar-refractivity contribution < 1.29 is 4.74 Å². The van der Waals surface area contributed by atoms with Gasteiger partial charge in [-0.05, 0) is 20.3 Å². The molecule has 5 heteroatoms. The molecule has 0 bridgehead atoms. The molecule has 0 amide bonds. The Balaban J connectivity index is 2.14. The topological polar surface area (TPSA) is 47.0 Å². The third-order valence-corrected chi connectivity index (χ3v) is 3.14. The fourth-order valence-electron chi connectivity index (χ4n) is 1.69. The molecule has 1 aliphatic heterocycles. The number of halogens is 1. The molecule has 0 aromatic carbocycles. The quantitative estimate of drug-likeness (QED) is 0.787. The lowest BCUT2D eigenvalue weighted by Gasteiger charge is -2.29. The molecule has 2 unspecified atom stereocenters. The Morgan fingerprint density at radius 3 is 3.00 bits per heavy atom. The number of hydrogen-bond donors (Lipinski definition) is 1. The average Bonchev–Trinajstić information content (AvgIpc) is 2.47. The molecule has 1 fully saturated rings. The van der Waals surface area contributed by atoms with Gasteiger partial charge >= 0.3 is 0 Å². The lowest BCUT2D eigenvalue weighted by atomic mass is 9.95. The van der Waals surface area contributed by atoms with Gasteiger partial charge in [-0.2, -0.15) is 0 Å². The second-order valence-corrected chi connectivity index (χ2v) is 4.42. The summed E-state index contributed by atoms with van der Waals surface area (Å²) in [5.41, 5.74) is -0.0717. The molecule has 2 heterocycles. The Morgan fingerprint density at radius 2 is 2.40 bits per heavy atom. The minimum absolute atomic E-state index is 0.0717. The summed E-state index contributed by atoms with van der Waals surface area (Å²) < 4.78 is 5.53. The minimum atomic E-state index is -0.0717. The van der Waals surface area contributed by atoms with Gasteiger partial charge in [-0.15, -0.1) is 0 Å². The number of aromatic nitrogens is 2. The van der Waals surface area contributed by atoms with Crippen molar-refractivity contribution >= 4 is 17.4 Å². The highest BCUT2D eigenvalue weighted by Crippen LogP contribution is 2.28. The van der Waals surface area contributed by atoms with Crippen LogP contribution in [0.1, 0.15) is 20.3 Å². The molecule has 0 saturated carbocycles. The van der Waals surface area contributed by atoms with Crippen LogP contribution < -0.4 is 5.32 Å². The predicted molar refractivity (Wildman–Crippen MR) is 59.1 cm³/mol. The first-order valence-corrected chi connectivity index (χ1v) is 5.35. The van der Waals surface area contributed by atoms with Crippen LogP contribution in [0, 0.1) is 0 Å². The van der Waals surface area contributed by atoms with E-state index in [2.05, 4.69) is 29.1 Å². The summed E-state index contributed by atoms with van der Waals surface area (Å²) in [7, 11) is 0. The summed E-state index contributed by atoms with van der Waals surface area (Å²) in [5.74, 6) is 0.745. The van der Waals surface area contributed by atoms with Gasteiger partial charge in [0.25, 0.3) is 0 Å². The Hall–Kier alpha value is -0.870. The third-order valence-electron chi connectivity index (χ3n) is 2.93. The summed E-state index contributed by atoms with van der Waals surface area (Å²) >= 11 is 5.79. The summed E-state index contributed by atoms with van der Waals surface area (Å²) in [6.45, 7) is 4.97. The number of anilines is 1. The van der Waals surface area contributed by atoms with Crippen LogP contribution >= 0.6 is 11.6 Å². The summed E-state index contributed by atoms with van der Waals surface area (Å²) in [5, 5.41) is 3.79. The van der Waals surface area contributed by atoms with E-state index in [1.165, 1.54) is 6.33 Å². The monoisotopic (exact) mass is 227 g/mol. The highest BCUT2D eigenvalue weighted by Gasteiger charge is 2.37. The van der Waals surface area contributed by atoms with Crippen molar-refractivity contribution in [1.82, 2.24) is 9.97 Å². The van der Waals surface area contributed by atoms with Crippen LogP contribution in [-0.4, -0.2) is 28.2 Å². The van der Waals surface area contributed by atoms with Crippen molar-refractivity contribution in [1.29, 1.82) is 0 Å². The number of nitrogens with one attached hydrogen (secondary N) is 1. The number of hydrogen-bond acceptors (Lipinski definition) is 4. The van der Waals surface area contributed by atoms with E-state index in [0.29, 0.717) is 5.15 Å². The standard InChI is InChI=1S/C10H14ClN3O/c1-7-10(2,3-4-15-7)14-9-5-8(11)12-6-13-9/h5-7H,3-4H2,1-2H3,(H,12,13,14). The van der Waals surface area contributed by atoms with Gasteiger partial charge in [0.15, 0.2) is 0 Å². The van der Waals surface area contributed by atoms with Crippen LogP contribution in [0.5, 0.6) is 0 Å². The first kappa shape index (κ1) is 10.6. The molecule has 1 N–H and O–H groups in total. The zero-order valence-corrected chi connectivity index (χ0v) is 9.58. The lowest BCUT2D eigenvalue weighted by molar-refractivity contribution is 0.105. The first-order chi connectivity index (χ1) is 7.10. The Bertz CT molecular complexity index is 360. The van der Waals surface area contributed by atoms with Gasteiger partial charge in [-0.3, -0.25) is 0 Å². The van der Waals surface area contributed by atoms with Gasteiger partial charge in [-0.25, -0.2) is 9.97 Å². The number of rotatable bonds is 2. The van der Waals surface area contributed by atoms with Crippen molar-refractivity contribution in [2.24, 2.45) is 0 Å². The fraction of sp³-hybridized carbons (Fsp3) is 0.600. The highest BCUT2D eigenvalue weighted by atomic mass is 35.5. The van der Waals surface area contributed by atoms with Crippen LogP contribution in [0.4, 0.5) is 5.82 Å². The molecule has 15 heavy (non-hydrogen) atoms. The summed E-state index contributed by atoms with van der Waals surface area (Å²) in [6, 6.07) is 1.72. The molecule has 4 nitrogen and oxygen atoms in total. The van der Waals surface area contributed by atoms with Crippen molar-refractivity contribution in [2.45, 2.75) is 31.9 Å². The molecule has 0 spiro atoms. The molecule has 82 valence electrons. The summed E-state index contributed by atoms with van der Waals surface area (Å²) in [6.07, 6.45) is 2.59. The van der Waals surface area contributed by atoms with E-state index in [1.807, 2.05) is 0 Å². The third kappa shape index (κ3) is 2.21. The summed E-state index contributed by atoms with van der Waals surface area (Å²) in [4.78, 5) is 7.96. The van der Waals surface area contributed by atoms with Crippen molar-refractivity contribution in [3.63, 3.8) is 0 Å². The zero-order valence-electron chi connectivity index (χ0n) is 8.83. The lowest BCUT2D eigenvalue weighted by Crippen LogP contribution is -2.41. The van der Waals surface area contributed by atoms with Gasteiger partial charge in [0.05, 0.1) is 11.6 Å². The maximum absolute atomic E-state index is 5.79. The van der Waals surface area contributed by atoms with Gasteiger partial charge in [0, 0.05) is 12.7 Å². The highest BCUT2D eigenvalue weighted by molar-refractivity contribution is 6.29. The normalized spacial score (nSPS) is 30.5. The Kier molecular flexibility index (Phi) is 2.80. The fourth-order valence-corrected chi connectivity index (χ4v) is 1.84. The van der Waals surface area contributed by atoms with Gasteiger partial charge in [0.1, 0.15) is 17.3 Å². The molecule has 1 aliphatic rings. The van der Waals surface area contributed by atoms with Gasteiger partial charge < -0.3 is 10.1 Å².